The molecule has 32 heavy (non-hydrogen) atoms. The quantitative estimate of drug-likeness (QED) is 0.231. The fourth-order valence-electron chi connectivity index (χ4n) is 3.35. The Hall–Kier alpha value is -3.85. The van der Waals surface area contributed by atoms with Crippen LogP contribution in [-0.2, 0) is 11.3 Å². The Morgan fingerprint density at radius 1 is 1.22 bits per heavy atom. The molecule has 0 unspecified atom stereocenters. The summed E-state index contributed by atoms with van der Waals surface area (Å²) >= 11 is 1.31. The molecule has 2 aromatic heterocycles. The van der Waals surface area contributed by atoms with Crippen LogP contribution < -0.4 is 5.56 Å². The van der Waals surface area contributed by atoms with E-state index in [0.29, 0.717) is 33.5 Å². The number of nitro groups is 1. The monoisotopic (exact) mass is 449 g/mol. The predicted molar refractivity (Wildman–Crippen MR) is 122 cm³/mol. The van der Waals surface area contributed by atoms with Gasteiger partial charge in [-0.25, -0.2) is 9.78 Å². The molecular weight excluding hydrogens is 430 g/mol. The zero-order chi connectivity index (χ0) is 22.7. The molecule has 0 fully saturated rings. The number of carbonyl (C=O) groups excluding carboxylic acids is 1. The fourth-order valence-corrected chi connectivity index (χ4v) is 4.26. The van der Waals surface area contributed by atoms with Gasteiger partial charge in [0, 0.05) is 23.1 Å². The zero-order valence-corrected chi connectivity index (χ0v) is 18.0. The largest absolute Gasteiger partial charge is 0.462 e. The van der Waals surface area contributed by atoms with E-state index >= 15 is 0 Å². The lowest BCUT2D eigenvalue weighted by atomic mass is 10.1. The van der Waals surface area contributed by atoms with Gasteiger partial charge in [0.25, 0.3) is 11.2 Å². The Balaban J connectivity index is 1.70. The molecule has 0 radical (unpaired) electrons. The van der Waals surface area contributed by atoms with Crippen LogP contribution in [-0.4, -0.2) is 27.1 Å². The van der Waals surface area contributed by atoms with E-state index in [2.05, 4.69) is 4.98 Å². The highest BCUT2D eigenvalue weighted by atomic mass is 32.1. The normalized spacial score (nSPS) is 10.9. The zero-order valence-electron chi connectivity index (χ0n) is 17.2. The van der Waals surface area contributed by atoms with Crippen molar-refractivity contribution in [3.8, 4) is 11.1 Å². The van der Waals surface area contributed by atoms with Crippen LogP contribution in [0.5, 0.6) is 0 Å². The summed E-state index contributed by atoms with van der Waals surface area (Å²) in [4.78, 5) is 41.0. The molecule has 2 aromatic carbocycles. The van der Waals surface area contributed by atoms with Crippen LogP contribution in [0.1, 0.15) is 29.3 Å². The lowest BCUT2D eigenvalue weighted by Crippen LogP contribution is -2.21. The van der Waals surface area contributed by atoms with Crippen molar-refractivity contribution in [2.75, 3.05) is 6.61 Å². The molecule has 0 spiro atoms. The lowest BCUT2D eigenvalue weighted by molar-refractivity contribution is -0.384. The summed E-state index contributed by atoms with van der Waals surface area (Å²) in [5.74, 6) is -0.402. The lowest BCUT2D eigenvalue weighted by Gasteiger charge is -2.08. The van der Waals surface area contributed by atoms with Gasteiger partial charge in [0.1, 0.15) is 4.83 Å². The highest BCUT2D eigenvalue weighted by Crippen LogP contribution is 2.32. The molecular formula is C23H19N3O5S. The number of nitrogens with zero attached hydrogens (tertiary/aromatic N) is 3. The number of hydrogen-bond acceptors (Lipinski definition) is 7. The van der Waals surface area contributed by atoms with Crippen LogP contribution in [0.15, 0.2) is 65.0 Å². The van der Waals surface area contributed by atoms with Crippen molar-refractivity contribution in [1.82, 2.24) is 9.55 Å². The molecule has 162 valence electrons. The SMILES string of the molecule is CCCOC(=O)c1cccc(Cn2cnc3scc(-c4cccc([N+](=O)[O-])c4)c3c2=O)c1. The molecule has 9 heteroatoms. The number of esters is 1. The second-order valence-corrected chi connectivity index (χ2v) is 8.01. The highest BCUT2D eigenvalue weighted by Gasteiger charge is 2.16. The van der Waals surface area contributed by atoms with E-state index in [-0.39, 0.29) is 17.8 Å². The average Bonchev–Trinajstić information content (AvgIpc) is 3.24. The van der Waals surface area contributed by atoms with Crippen molar-refractivity contribution in [2.45, 2.75) is 19.9 Å². The molecule has 8 nitrogen and oxygen atoms in total. The Labute approximate surface area is 186 Å². The van der Waals surface area contributed by atoms with Gasteiger partial charge in [-0.2, -0.15) is 0 Å². The second-order valence-electron chi connectivity index (χ2n) is 7.15. The van der Waals surface area contributed by atoms with E-state index < -0.39 is 10.9 Å². The Kier molecular flexibility index (Phi) is 6.09. The third-order valence-electron chi connectivity index (χ3n) is 4.88. The summed E-state index contributed by atoms with van der Waals surface area (Å²) in [7, 11) is 0. The molecule has 0 bridgehead atoms. The van der Waals surface area contributed by atoms with E-state index in [0.717, 1.165) is 12.0 Å². The number of fused-ring (bicyclic) bond motifs is 1. The summed E-state index contributed by atoms with van der Waals surface area (Å²) in [6.07, 6.45) is 2.21. The van der Waals surface area contributed by atoms with Crippen molar-refractivity contribution in [2.24, 2.45) is 0 Å². The molecule has 0 aliphatic rings. The molecule has 2 heterocycles. The maximum absolute atomic E-state index is 13.3. The summed E-state index contributed by atoms with van der Waals surface area (Å²) in [6.45, 7) is 2.49. The number of nitro benzene ring substituents is 1. The first kappa shape index (κ1) is 21.4. The molecule has 0 N–H and O–H groups in total. The fraction of sp³-hybridized carbons (Fsp3) is 0.174. The number of thiophene rings is 1. The van der Waals surface area contributed by atoms with Gasteiger partial charge in [0.05, 0.1) is 35.4 Å². The number of rotatable bonds is 7. The van der Waals surface area contributed by atoms with E-state index in [1.54, 1.807) is 35.7 Å². The first-order chi connectivity index (χ1) is 15.5. The van der Waals surface area contributed by atoms with E-state index in [1.165, 1.54) is 34.4 Å². The summed E-state index contributed by atoms with van der Waals surface area (Å²) in [6, 6.07) is 13.1. The first-order valence-electron chi connectivity index (χ1n) is 9.95. The van der Waals surface area contributed by atoms with Gasteiger partial charge in [0.15, 0.2) is 0 Å². The smallest absolute Gasteiger partial charge is 0.338 e. The van der Waals surface area contributed by atoms with Gasteiger partial charge in [-0.1, -0.05) is 31.2 Å². The van der Waals surface area contributed by atoms with Crippen LogP contribution in [0.4, 0.5) is 5.69 Å². The van der Waals surface area contributed by atoms with Crippen molar-refractivity contribution in [3.63, 3.8) is 0 Å². The van der Waals surface area contributed by atoms with Gasteiger partial charge in [0.2, 0.25) is 0 Å². The van der Waals surface area contributed by atoms with Gasteiger partial charge in [-0.05, 0) is 29.7 Å². The molecule has 0 aliphatic heterocycles. The maximum Gasteiger partial charge on any atom is 0.338 e. The van der Waals surface area contributed by atoms with Crippen LogP contribution in [0.25, 0.3) is 21.3 Å². The highest BCUT2D eigenvalue weighted by molar-refractivity contribution is 7.17. The van der Waals surface area contributed by atoms with E-state index in [9.17, 15) is 19.7 Å². The molecule has 0 atom stereocenters. The molecule has 0 saturated carbocycles. The number of benzene rings is 2. The minimum Gasteiger partial charge on any atom is -0.462 e. The summed E-state index contributed by atoms with van der Waals surface area (Å²) in [5, 5.41) is 13.3. The number of hydrogen-bond donors (Lipinski definition) is 0. The Bertz CT molecular complexity index is 1380. The van der Waals surface area contributed by atoms with Crippen molar-refractivity contribution in [3.05, 3.63) is 91.8 Å². The molecule has 0 saturated heterocycles. The number of ether oxygens (including phenoxy) is 1. The van der Waals surface area contributed by atoms with Gasteiger partial charge < -0.3 is 4.74 Å². The van der Waals surface area contributed by atoms with Gasteiger partial charge in [-0.15, -0.1) is 11.3 Å². The average molecular weight is 449 g/mol. The first-order valence-corrected chi connectivity index (χ1v) is 10.8. The third kappa shape index (κ3) is 4.28. The molecule has 4 aromatic rings. The minimum absolute atomic E-state index is 0.0437. The second kappa shape index (κ2) is 9.11. The molecule has 0 amide bonds. The van der Waals surface area contributed by atoms with Crippen molar-refractivity contribution >= 4 is 33.2 Å². The Morgan fingerprint density at radius 3 is 2.81 bits per heavy atom. The standard InChI is InChI=1S/C23H19N3O5S/c1-2-9-31-23(28)17-7-3-5-15(10-17)12-25-14-24-21-20(22(25)27)19(13-32-21)16-6-4-8-18(11-16)26(29)30/h3-8,10-11,13-14H,2,9,12H2,1H3. The van der Waals surface area contributed by atoms with Crippen molar-refractivity contribution in [1.29, 1.82) is 0 Å². The molecule has 4 rings (SSSR count). The van der Waals surface area contributed by atoms with Crippen molar-refractivity contribution < 1.29 is 14.5 Å². The topological polar surface area (TPSA) is 104 Å². The Morgan fingerprint density at radius 2 is 2.03 bits per heavy atom. The van der Waals surface area contributed by atoms with Crippen LogP contribution in [0.2, 0.25) is 0 Å². The van der Waals surface area contributed by atoms with Crippen LogP contribution in [0, 0.1) is 10.1 Å². The van der Waals surface area contributed by atoms with Gasteiger partial charge >= 0.3 is 5.97 Å². The van der Waals surface area contributed by atoms with E-state index in [1.807, 2.05) is 13.0 Å². The molecule has 0 aliphatic carbocycles. The maximum atomic E-state index is 13.3. The van der Waals surface area contributed by atoms with Gasteiger partial charge in [-0.3, -0.25) is 19.5 Å². The summed E-state index contributed by atoms with van der Waals surface area (Å²) in [5.41, 5.74) is 2.08. The minimum atomic E-state index is -0.465. The number of non-ortho nitro benzene ring substituents is 1. The summed E-state index contributed by atoms with van der Waals surface area (Å²) < 4.78 is 6.64. The predicted octanol–water partition coefficient (Wildman–Crippen LogP) is 4.65. The van der Waals surface area contributed by atoms with Crippen LogP contribution >= 0.6 is 11.3 Å². The van der Waals surface area contributed by atoms with Crippen LogP contribution in [0.3, 0.4) is 0 Å². The number of carbonyl (C=O) groups is 1. The van der Waals surface area contributed by atoms with E-state index in [4.69, 9.17) is 4.74 Å². The third-order valence-corrected chi connectivity index (χ3v) is 5.77. The number of aromatic nitrogens is 2.